The number of aromatic nitrogens is 5. The molecule has 4 heterocycles. The average Bonchev–Trinajstić information content (AvgIpc) is 3.50. The van der Waals surface area contributed by atoms with Gasteiger partial charge in [-0.25, -0.2) is 14.6 Å². The topological polar surface area (TPSA) is 68.5 Å². The number of nitrogens with zero attached hydrogens (tertiary/aromatic N) is 5. The van der Waals surface area contributed by atoms with Gasteiger partial charge in [-0.1, -0.05) is 30.3 Å². The van der Waals surface area contributed by atoms with E-state index in [9.17, 15) is 0 Å². The van der Waals surface area contributed by atoms with Crippen molar-refractivity contribution in [2.75, 3.05) is 0 Å². The fourth-order valence-corrected chi connectivity index (χ4v) is 4.50. The Morgan fingerprint density at radius 3 is 2.59 bits per heavy atom. The van der Waals surface area contributed by atoms with Crippen molar-refractivity contribution >= 4 is 11.8 Å². The Kier molecular flexibility index (Phi) is 3.95. The first kappa shape index (κ1) is 16.9. The number of hydrogen-bond donors (Lipinski definition) is 1. The minimum atomic E-state index is -0.0620. The van der Waals surface area contributed by atoms with Gasteiger partial charge >= 0.3 is 0 Å². The van der Waals surface area contributed by atoms with Crippen LogP contribution in [0.15, 0.2) is 77.3 Å². The van der Waals surface area contributed by atoms with Crippen molar-refractivity contribution in [2.45, 2.75) is 35.2 Å². The molecule has 1 fully saturated rings. The predicted octanol–water partition coefficient (Wildman–Crippen LogP) is 4.17. The Labute approximate surface area is 172 Å². The lowest BCUT2D eigenvalue weighted by molar-refractivity contribution is 0.384. The number of fused-ring (bicyclic) bond motifs is 2. The molecule has 142 valence electrons. The van der Waals surface area contributed by atoms with Gasteiger partial charge in [0.25, 0.3) is 0 Å². The van der Waals surface area contributed by atoms with Crippen molar-refractivity contribution in [3.05, 3.63) is 72.7 Å². The summed E-state index contributed by atoms with van der Waals surface area (Å²) in [5, 5.41) is 10.4. The molecular weight excluding hydrogens is 380 g/mol. The van der Waals surface area contributed by atoms with Gasteiger partial charge in [0.15, 0.2) is 11.0 Å². The van der Waals surface area contributed by atoms with Crippen LogP contribution in [0, 0.1) is 0 Å². The monoisotopic (exact) mass is 398 g/mol. The molecule has 1 aliphatic carbocycles. The van der Waals surface area contributed by atoms with Crippen LogP contribution in [0.25, 0.3) is 22.5 Å². The van der Waals surface area contributed by atoms with E-state index < -0.39 is 0 Å². The Bertz CT molecular complexity index is 1170. The smallest absolute Gasteiger partial charge is 0.194 e. The first-order chi connectivity index (χ1) is 14.3. The van der Waals surface area contributed by atoms with Crippen molar-refractivity contribution in [3.8, 4) is 22.5 Å². The van der Waals surface area contributed by atoms with Crippen LogP contribution in [0.2, 0.25) is 0 Å². The molecule has 29 heavy (non-hydrogen) atoms. The van der Waals surface area contributed by atoms with Gasteiger partial charge in [-0.15, -0.1) is 5.10 Å². The molecule has 7 heteroatoms. The second kappa shape index (κ2) is 6.79. The van der Waals surface area contributed by atoms with Crippen molar-refractivity contribution in [2.24, 2.45) is 0 Å². The number of pyridine rings is 2. The van der Waals surface area contributed by atoms with E-state index in [1.807, 2.05) is 29.1 Å². The van der Waals surface area contributed by atoms with Crippen LogP contribution in [0.1, 0.15) is 24.6 Å². The van der Waals surface area contributed by atoms with Crippen LogP contribution in [-0.2, 0) is 0 Å². The Hall–Kier alpha value is -3.03. The molecule has 3 aromatic heterocycles. The molecule has 0 bridgehead atoms. The molecule has 1 saturated carbocycles. The molecule has 2 aliphatic rings. The molecule has 1 aliphatic heterocycles. The van der Waals surface area contributed by atoms with Gasteiger partial charge in [-0.2, -0.15) is 0 Å². The van der Waals surface area contributed by atoms with Gasteiger partial charge in [0, 0.05) is 41.3 Å². The Morgan fingerprint density at radius 1 is 0.966 bits per heavy atom. The molecule has 0 amide bonds. The highest BCUT2D eigenvalue weighted by Gasteiger charge is 2.34. The van der Waals surface area contributed by atoms with Crippen molar-refractivity contribution in [1.29, 1.82) is 0 Å². The third kappa shape index (κ3) is 3.12. The highest BCUT2D eigenvalue weighted by atomic mass is 32.2. The van der Waals surface area contributed by atoms with E-state index in [2.05, 4.69) is 40.6 Å². The van der Waals surface area contributed by atoms with Crippen molar-refractivity contribution in [1.82, 2.24) is 30.0 Å². The predicted molar refractivity (Wildman–Crippen MR) is 111 cm³/mol. The van der Waals surface area contributed by atoms with Gasteiger partial charge in [0.1, 0.15) is 11.2 Å². The van der Waals surface area contributed by atoms with E-state index in [1.165, 1.54) is 18.4 Å². The largest absolute Gasteiger partial charge is 0.289 e. The summed E-state index contributed by atoms with van der Waals surface area (Å²) in [6, 6.07) is 17.0. The zero-order valence-corrected chi connectivity index (χ0v) is 16.4. The maximum absolute atomic E-state index is 4.85. The molecule has 1 N–H and O–H groups in total. The van der Waals surface area contributed by atoms with E-state index in [-0.39, 0.29) is 6.17 Å². The standard InChI is InChI=1S/C22H18N6S/c1-2-4-14(5-3-1)16-12-18-20(25-17-6-7-17)28-22(29-21(18)24-13-16)26-19(27-28)15-8-10-23-11-9-15/h1-5,8-13,17,20,25H,6-7H2. The number of benzene rings is 1. The summed E-state index contributed by atoms with van der Waals surface area (Å²) in [6.07, 6.45) is 7.83. The number of hydrogen-bond acceptors (Lipinski definition) is 6. The van der Waals surface area contributed by atoms with E-state index in [0.717, 1.165) is 26.9 Å². The molecule has 0 radical (unpaired) electrons. The third-order valence-corrected chi connectivity index (χ3v) is 6.22. The fraction of sp³-hybridized carbons (Fsp3) is 0.182. The molecule has 1 aromatic carbocycles. The minimum absolute atomic E-state index is 0.0620. The summed E-state index contributed by atoms with van der Waals surface area (Å²) in [5.41, 5.74) is 4.40. The van der Waals surface area contributed by atoms with Gasteiger partial charge < -0.3 is 0 Å². The molecule has 6 rings (SSSR count). The molecule has 1 unspecified atom stereocenters. The Morgan fingerprint density at radius 2 is 1.79 bits per heavy atom. The van der Waals surface area contributed by atoms with E-state index in [4.69, 9.17) is 15.1 Å². The van der Waals surface area contributed by atoms with Crippen LogP contribution in [-0.4, -0.2) is 30.8 Å². The highest BCUT2D eigenvalue weighted by Crippen LogP contribution is 2.41. The molecular formula is C22H18N6S. The molecule has 1 atom stereocenters. The van der Waals surface area contributed by atoms with Gasteiger partial charge in [-0.05, 0) is 48.4 Å². The molecule has 6 nitrogen and oxygen atoms in total. The van der Waals surface area contributed by atoms with Crippen LogP contribution in [0.3, 0.4) is 0 Å². The van der Waals surface area contributed by atoms with Crippen LogP contribution in [0.4, 0.5) is 0 Å². The maximum Gasteiger partial charge on any atom is 0.194 e. The molecule has 0 spiro atoms. The van der Waals surface area contributed by atoms with Crippen LogP contribution in [0.5, 0.6) is 0 Å². The average molecular weight is 398 g/mol. The molecule has 4 aromatic rings. The third-order valence-electron chi connectivity index (χ3n) is 5.22. The quantitative estimate of drug-likeness (QED) is 0.557. The van der Waals surface area contributed by atoms with Crippen molar-refractivity contribution in [3.63, 3.8) is 0 Å². The lowest BCUT2D eigenvalue weighted by Crippen LogP contribution is -2.33. The van der Waals surface area contributed by atoms with Gasteiger partial charge in [-0.3, -0.25) is 10.3 Å². The Balaban J connectivity index is 1.45. The molecule has 0 saturated heterocycles. The second-order valence-electron chi connectivity index (χ2n) is 7.33. The van der Waals surface area contributed by atoms with Crippen LogP contribution < -0.4 is 5.32 Å². The zero-order valence-electron chi connectivity index (χ0n) is 15.6. The zero-order chi connectivity index (χ0) is 19.2. The maximum atomic E-state index is 4.85. The summed E-state index contributed by atoms with van der Waals surface area (Å²) in [6.45, 7) is 0. The number of rotatable bonds is 4. The summed E-state index contributed by atoms with van der Waals surface area (Å²) in [4.78, 5) is 13.7. The number of nitrogens with one attached hydrogen (secondary N) is 1. The van der Waals surface area contributed by atoms with E-state index >= 15 is 0 Å². The van der Waals surface area contributed by atoms with Crippen molar-refractivity contribution < 1.29 is 0 Å². The highest BCUT2D eigenvalue weighted by molar-refractivity contribution is 7.99. The van der Waals surface area contributed by atoms with Gasteiger partial charge in [0.2, 0.25) is 0 Å². The first-order valence-corrected chi connectivity index (χ1v) is 10.5. The van der Waals surface area contributed by atoms with Crippen LogP contribution >= 0.6 is 11.8 Å². The lowest BCUT2D eigenvalue weighted by atomic mass is 10.0. The second-order valence-corrected chi connectivity index (χ2v) is 8.28. The fourth-order valence-electron chi connectivity index (χ4n) is 3.56. The van der Waals surface area contributed by atoms with Gasteiger partial charge in [0.05, 0.1) is 0 Å². The minimum Gasteiger partial charge on any atom is -0.289 e. The summed E-state index contributed by atoms with van der Waals surface area (Å²) in [5.74, 6) is 0.716. The normalized spacial score (nSPS) is 17.6. The summed E-state index contributed by atoms with van der Waals surface area (Å²) >= 11 is 1.58. The SMILES string of the molecule is c1ccc(-c2cnc3c(c2)C(NC2CC2)n2nc(-c4ccncc4)nc2S3)cc1. The summed E-state index contributed by atoms with van der Waals surface area (Å²) < 4.78 is 2.01. The van der Waals surface area contributed by atoms with E-state index in [1.54, 1.807) is 24.2 Å². The lowest BCUT2D eigenvalue weighted by Gasteiger charge is -2.26. The van der Waals surface area contributed by atoms with E-state index in [0.29, 0.717) is 11.9 Å². The summed E-state index contributed by atoms with van der Waals surface area (Å²) in [7, 11) is 0. The first-order valence-electron chi connectivity index (χ1n) is 9.71.